The molecule has 5 nitrogen and oxygen atoms in total. The van der Waals surface area contributed by atoms with Crippen LogP contribution in [0.25, 0.3) is 5.65 Å². The van der Waals surface area contributed by atoms with E-state index < -0.39 is 29.3 Å². The van der Waals surface area contributed by atoms with Crippen LogP contribution in [-0.2, 0) is 12.6 Å². The summed E-state index contributed by atoms with van der Waals surface area (Å²) in [4.78, 5) is 7.49. The fraction of sp³-hybridized carbons (Fsp3) is 0.188. The molecule has 0 fully saturated rings. The lowest BCUT2D eigenvalue weighted by Crippen LogP contribution is -2.16. The first-order valence-corrected chi connectivity index (χ1v) is 7.31. The Morgan fingerprint density at radius 3 is 2.46 bits per heavy atom. The number of rotatable bonds is 3. The number of halogens is 5. The van der Waals surface area contributed by atoms with Crippen LogP contribution < -0.4 is 5.73 Å². The average molecular weight is 369 g/mol. The van der Waals surface area contributed by atoms with E-state index in [9.17, 15) is 22.0 Å². The molecule has 0 aliphatic rings. The molecule has 3 N–H and O–H groups in total. The molecule has 0 atom stereocenters. The number of alkyl halides is 3. The predicted octanol–water partition coefficient (Wildman–Crippen LogP) is 3.21. The van der Waals surface area contributed by atoms with Crippen LogP contribution in [0, 0.1) is 24.0 Å². The third kappa shape index (κ3) is 3.22. The third-order valence-electron chi connectivity index (χ3n) is 3.76. The first kappa shape index (κ1) is 17.8. The summed E-state index contributed by atoms with van der Waals surface area (Å²) in [5.41, 5.74) is 3.85. The fourth-order valence-electron chi connectivity index (χ4n) is 2.45. The van der Waals surface area contributed by atoms with E-state index >= 15 is 0 Å². The number of nitrogens with one attached hydrogen (secondary N) is 1. The number of hydrogen-bond acceptors (Lipinski definition) is 3. The molecule has 0 amide bonds. The maximum Gasteiger partial charge on any atom is 0.434 e. The highest BCUT2D eigenvalue weighted by Gasteiger charge is 2.34. The van der Waals surface area contributed by atoms with E-state index in [1.807, 2.05) is 0 Å². The Morgan fingerprint density at radius 1 is 1.15 bits per heavy atom. The molecule has 0 aliphatic carbocycles. The lowest BCUT2D eigenvalue weighted by Gasteiger charge is -2.08. The maximum atomic E-state index is 14.1. The number of aryl methyl sites for hydroxylation is 1. The van der Waals surface area contributed by atoms with Gasteiger partial charge in [0.1, 0.15) is 23.2 Å². The van der Waals surface area contributed by atoms with Gasteiger partial charge in [0.25, 0.3) is 0 Å². The van der Waals surface area contributed by atoms with Gasteiger partial charge in [-0.05, 0) is 30.2 Å². The molecule has 0 bridgehead atoms. The minimum atomic E-state index is -4.69. The summed E-state index contributed by atoms with van der Waals surface area (Å²) in [7, 11) is 0. The number of nitrogen functional groups attached to an aromatic ring is 1. The van der Waals surface area contributed by atoms with Gasteiger partial charge in [-0.1, -0.05) is 0 Å². The fourth-order valence-corrected chi connectivity index (χ4v) is 2.45. The molecule has 0 saturated heterocycles. The monoisotopic (exact) mass is 369 g/mol. The van der Waals surface area contributed by atoms with E-state index in [0.717, 1.165) is 28.9 Å². The summed E-state index contributed by atoms with van der Waals surface area (Å²) in [5.74, 6) is -1.86. The normalized spacial score (nSPS) is 11.9. The number of imidazole rings is 1. The number of nitrogens with zero attached hydrogens (tertiary/aromatic N) is 3. The zero-order valence-electron chi connectivity index (χ0n) is 13.3. The smallest absolute Gasteiger partial charge is 0.382 e. The molecular weight excluding hydrogens is 357 g/mol. The summed E-state index contributed by atoms with van der Waals surface area (Å²) in [6, 6.07) is 1.94. The van der Waals surface area contributed by atoms with Crippen LogP contribution in [0.5, 0.6) is 0 Å². The summed E-state index contributed by atoms with van der Waals surface area (Å²) in [6.45, 7) is 1.39. The van der Waals surface area contributed by atoms with Crippen molar-refractivity contribution >= 4 is 11.5 Å². The lowest BCUT2D eigenvalue weighted by molar-refractivity contribution is -0.140. The van der Waals surface area contributed by atoms with Crippen LogP contribution >= 0.6 is 0 Å². The van der Waals surface area contributed by atoms with Crippen molar-refractivity contribution in [1.82, 2.24) is 14.4 Å². The Kier molecular flexibility index (Phi) is 4.13. The summed E-state index contributed by atoms with van der Waals surface area (Å²) < 4.78 is 67.6. The first-order chi connectivity index (χ1) is 12.1. The van der Waals surface area contributed by atoms with Crippen LogP contribution in [-0.4, -0.2) is 20.2 Å². The Morgan fingerprint density at radius 2 is 1.85 bits per heavy atom. The Balaban J connectivity index is 2.19. The third-order valence-corrected chi connectivity index (χ3v) is 3.76. The Hall–Kier alpha value is -3.04. The second kappa shape index (κ2) is 6.04. The lowest BCUT2D eigenvalue weighted by atomic mass is 10.1. The molecule has 0 unspecified atom stereocenters. The van der Waals surface area contributed by atoms with Crippen molar-refractivity contribution < 1.29 is 22.0 Å². The van der Waals surface area contributed by atoms with Crippen LogP contribution in [0.2, 0.25) is 0 Å². The van der Waals surface area contributed by atoms with Crippen LogP contribution in [0.4, 0.5) is 22.0 Å². The Labute approximate surface area is 143 Å². The molecule has 0 aliphatic heterocycles. The number of fused-ring (bicyclic) bond motifs is 1. The first-order valence-electron chi connectivity index (χ1n) is 7.31. The van der Waals surface area contributed by atoms with Crippen LogP contribution in [0.15, 0.2) is 24.5 Å². The molecule has 1 aromatic carbocycles. The van der Waals surface area contributed by atoms with Gasteiger partial charge in [-0.3, -0.25) is 5.41 Å². The molecule has 10 heteroatoms. The van der Waals surface area contributed by atoms with Crippen LogP contribution in [0.1, 0.15) is 28.2 Å². The van der Waals surface area contributed by atoms with E-state index in [1.165, 1.54) is 6.92 Å². The molecule has 136 valence electrons. The summed E-state index contributed by atoms with van der Waals surface area (Å²) in [5, 5.41) is 7.45. The van der Waals surface area contributed by atoms with Gasteiger partial charge in [-0.2, -0.15) is 13.2 Å². The van der Waals surface area contributed by atoms with Gasteiger partial charge >= 0.3 is 6.18 Å². The second-order valence-electron chi connectivity index (χ2n) is 5.71. The number of benzene rings is 1. The van der Waals surface area contributed by atoms with E-state index in [1.54, 1.807) is 0 Å². The number of nitrogens with two attached hydrogens (primary N) is 1. The maximum absolute atomic E-state index is 14.1. The van der Waals surface area contributed by atoms with Gasteiger partial charge < -0.3 is 10.1 Å². The number of aromatic nitrogens is 3. The van der Waals surface area contributed by atoms with Crippen molar-refractivity contribution in [3.05, 3.63) is 64.4 Å². The highest BCUT2D eigenvalue weighted by atomic mass is 19.4. The van der Waals surface area contributed by atoms with Crippen molar-refractivity contribution in [1.29, 1.82) is 5.41 Å². The standard InChI is InChI=1S/C16H12F5N5/c1-7-2-10(18)8(3-9(7)17)4-11-15-25-13(16(19,20)21)6-26(15)5-12(24-11)14(22)23/h2-3,5-6H,4H2,1H3,(H3,22,23). The van der Waals surface area contributed by atoms with Gasteiger partial charge in [0.05, 0.1) is 5.69 Å². The van der Waals surface area contributed by atoms with Gasteiger partial charge in [0.15, 0.2) is 11.3 Å². The number of amidine groups is 1. The molecule has 0 saturated carbocycles. The van der Waals surface area contributed by atoms with Crippen molar-refractivity contribution in [2.24, 2.45) is 5.73 Å². The minimum absolute atomic E-state index is 0.0599. The summed E-state index contributed by atoms with van der Waals surface area (Å²) >= 11 is 0. The van der Waals surface area contributed by atoms with Gasteiger partial charge in [0.2, 0.25) is 0 Å². The molecule has 0 radical (unpaired) electrons. The second-order valence-corrected chi connectivity index (χ2v) is 5.71. The van der Waals surface area contributed by atoms with Gasteiger partial charge in [-0.15, -0.1) is 0 Å². The SMILES string of the molecule is Cc1cc(F)c(Cc2nc(C(=N)N)cn3cc(C(F)(F)F)nc23)cc1F. The molecular formula is C16H12F5N5. The molecule has 2 aromatic heterocycles. The van der Waals surface area contributed by atoms with E-state index in [2.05, 4.69) is 9.97 Å². The van der Waals surface area contributed by atoms with Crippen molar-refractivity contribution in [3.63, 3.8) is 0 Å². The predicted molar refractivity (Wildman–Crippen MR) is 82.9 cm³/mol. The molecule has 2 heterocycles. The zero-order chi connectivity index (χ0) is 19.2. The molecule has 3 rings (SSSR count). The van der Waals surface area contributed by atoms with E-state index in [0.29, 0.717) is 0 Å². The van der Waals surface area contributed by atoms with Gasteiger partial charge in [0, 0.05) is 18.8 Å². The highest BCUT2D eigenvalue weighted by Crippen LogP contribution is 2.29. The molecule has 3 aromatic rings. The zero-order valence-corrected chi connectivity index (χ0v) is 13.3. The quantitative estimate of drug-likeness (QED) is 0.423. The largest absolute Gasteiger partial charge is 0.434 e. The highest BCUT2D eigenvalue weighted by molar-refractivity contribution is 5.93. The topological polar surface area (TPSA) is 80.1 Å². The minimum Gasteiger partial charge on any atom is -0.382 e. The van der Waals surface area contributed by atoms with Crippen LogP contribution in [0.3, 0.4) is 0 Å². The Bertz CT molecular complexity index is 1020. The average Bonchev–Trinajstić information content (AvgIpc) is 2.97. The number of hydrogen-bond donors (Lipinski definition) is 2. The van der Waals surface area contributed by atoms with Crippen molar-refractivity contribution in [2.75, 3.05) is 0 Å². The molecule has 0 spiro atoms. The van der Waals surface area contributed by atoms with Crippen molar-refractivity contribution in [3.8, 4) is 0 Å². The molecule has 26 heavy (non-hydrogen) atoms. The van der Waals surface area contributed by atoms with E-state index in [-0.39, 0.29) is 34.6 Å². The summed E-state index contributed by atoms with van der Waals surface area (Å²) in [6.07, 6.45) is -3.17. The van der Waals surface area contributed by atoms with Gasteiger partial charge in [-0.25, -0.2) is 18.7 Å². The van der Waals surface area contributed by atoms with Crippen molar-refractivity contribution in [2.45, 2.75) is 19.5 Å². The van der Waals surface area contributed by atoms with E-state index in [4.69, 9.17) is 11.1 Å².